The topological polar surface area (TPSA) is 76.5 Å². The van der Waals surface area contributed by atoms with Crippen molar-refractivity contribution in [1.29, 1.82) is 0 Å². The Morgan fingerprint density at radius 1 is 1.29 bits per heavy atom. The fraction of sp³-hybridized carbons (Fsp3) is 0.706. The van der Waals surface area contributed by atoms with Gasteiger partial charge in [-0.25, -0.2) is 9.48 Å². The van der Waals surface area contributed by atoms with Gasteiger partial charge in [0.1, 0.15) is 5.82 Å². The van der Waals surface area contributed by atoms with Crippen LogP contribution in [0.4, 0.5) is 10.6 Å². The number of hydrogen-bond donors (Lipinski definition) is 1. The highest BCUT2D eigenvalue weighted by atomic mass is 16.6. The average molecular weight is 336 g/mol. The number of anilines is 1. The highest BCUT2D eigenvalue weighted by Gasteiger charge is 2.28. The van der Waals surface area contributed by atoms with E-state index in [0.717, 1.165) is 0 Å². The second kappa shape index (κ2) is 8.17. The first-order valence-corrected chi connectivity index (χ1v) is 8.64. The summed E-state index contributed by atoms with van der Waals surface area (Å²) in [6.07, 6.45) is 2.71. The molecule has 24 heavy (non-hydrogen) atoms. The molecule has 134 valence electrons. The van der Waals surface area contributed by atoms with Crippen molar-refractivity contribution in [3.63, 3.8) is 0 Å². The standard InChI is InChI=1S/C17H28N4O3/c1-12(2)11-24-17(23)20-9-6-14(7-10-20)16(22)19-15-5-8-18-21(15)13(3)4/h5,8,12-14H,6-7,9-11H2,1-4H3,(H,19,22). The number of likely N-dealkylation sites (tertiary alicyclic amines) is 1. The fourth-order valence-electron chi connectivity index (χ4n) is 2.71. The lowest BCUT2D eigenvalue weighted by atomic mass is 9.96. The molecule has 0 radical (unpaired) electrons. The van der Waals surface area contributed by atoms with Gasteiger partial charge >= 0.3 is 6.09 Å². The van der Waals surface area contributed by atoms with Crippen LogP contribution in [0, 0.1) is 11.8 Å². The van der Waals surface area contributed by atoms with E-state index in [1.807, 2.05) is 27.7 Å². The van der Waals surface area contributed by atoms with Gasteiger partial charge in [0.05, 0.1) is 12.8 Å². The van der Waals surface area contributed by atoms with E-state index in [1.165, 1.54) is 0 Å². The van der Waals surface area contributed by atoms with Gasteiger partial charge in [-0.1, -0.05) is 13.8 Å². The maximum Gasteiger partial charge on any atom is 0.409 e. The molecule has 0 spiro atoms. The van der Waals surface area contributed by atoms with Crippen molar-refractivity contribution < 1.29 is 14.3 Å². The lowest BCUT2D eigenvalue weighted by Gasteiger charge is -2.30. The number of hydrogen-bond acceptors (Lipinski definition) is 4. The summed E-state index contributed by atoms with van der Waals surface area (Å²) < 4.78 is 7.03. The van der Waals surface area contributed by atoms with Crippen LogP contribution in [0.25, 0.3) is 0 Å². The van der Waals surface area contributed by atoms with Gasteiger partial charge in [-0.2, -0.15) is 5.10 Å². The maximum absolute atomic E-state index is 12.4. The third-order valence-corrected chi connectivity index (χ3v) is 4.07. The molecule has 0 bridgehead atoms. The zero-order valence-electron chi connectivity index (χ0n) is 15.0. The van der Waals surface area contributed by atoms with Crippen LogP contribution in [0.5, 0.6) is 0 Å². The molecule has 0 unspecified atom stereocenters. The highest BCUT2D eigenvalue weighted by Crippen LogP contribution is 2.21. The summed E-state index contributed by atoms with van der Waals surface area (Å²) in [6.45, 7) is 9.58. The minimum Gasteiger partial charge on any atom is -0.449 e. The molecule has 1 N–H and O–H groups in total. The molecular formula is C17H28N4O3. The quantitative estimate of drug-likeness (QED) is 0.897. The van der Waals surface area contributed by atoms with Crippen molar-refractivity contribution >= 4 is 17.8 Å². The molecule has 1 saturated heterocycles. The molecule has 0 aliphatic carbocycles. The molecule has 2 rings (SSSR count). The average Bonchev–Trinajstić information content (AvgIpc) is 3.01. The Balaban J connectivity index is 1.82. The minimum absolute atomic E-state index is 0.00685. The van der Waals surface area contributed by atoms with E-state index in [4.69, 9.17) is 4.74 Å². The first-order chi connectivity index (χ1) is 11.4. The summed E-state index contributed by atoms with van der Waals surface area (Å²) >= 11 is 0. The zero-order valence-corrected chi connectivity index (χ0v) is 15.0. The number of amides is 2. The largest absolute Gasteiger partial charge is 0.449 e. The van der Waals surface area contributed by atoms with Crippen molar-refractivity contribution in [2.75, 3.05) is 25.0 Å². The summed E-state index contributed by atoms with van der Waals surface area (Å²) in [7, 11) is 0. The third-order valence-electron chi connectivity index (χ3n) is 4.07. The first-order valence-electron chi connectivity index (χ1n) is 8.64. The molecule has 0 aromatic carbocycles. The lowest BCUT2D eigenvalue weighted by Crippen LogP contribution is -2.42. The van der Waals surface area contributed by atoms with E-state index >= 15 is 0 Å². The number of aromatic nitrogens is 2. The molecule has 0 saturated carbocycles. The van der Waals surface area contributed by atoms with Crippen LogP contribution >= 0.6 is 0 Å². The molecule has 7 heteroatoms. The van der Waals surface area contributed by atoms with Crippen molar-refractivity contribution in [2.24, 2.45) is 11.8 Å². The number of ether oxygens (including phenoxy) is 1. The van der Waals surface area contributed by atoms with Gasteiger partial charge in [-0.05, 0) is 32.6 Å². The van der Waals surface area contributed by atoms with E-state index < -0.39 is 0 Å². The van der Waals surface area contributed by atoms with Crippen LogP contribution in [0.2, 0.25) is 0 Å². The van der Waals surface area contributed by atoms with Gasteiger partial charge in [0.25, 0.3) is 0 Å². The second-order valence-corrected chi connectivity index (χ2v) is 6.98. The van der Waals surface area contributed by atoms with Gasteiger partial charge in [-0.3, -0.25) is 4.79 Å². The first kappa shape index (κ1) is 18.3. The van der Waals surface area contributed by atoms with E-state index in [1.54, 1.807) is 21.8 Å². The smallest absolute Gasteiger partial charge is 0.409 e. The lowest BCUT2D eigenvalue weighted by molar-refractivity contribution is -0.121. The molecule has 2 heterocycles. The maximum atomic E-state index is 12.4. The van der Waals surface area contributed by atoms with Crippen molar-refractivity contribution in [3.05, 3.63) is 12.3 Å². The molecule has 1 aliphatic rings. The molecule has 1 aromatic rings. The van der Waals surface area contributed by atoms with Gasteiger partial charge in [-0.15, -0.1) is 0 Å². The molecule has 0 atom stereocenters. The third kappa shape index (κ3) is 4.72. The minimum atomic E-state index is -0.277. The predicted molar refractivity (Wildman–Crippen MR) is 91.7 cm³/mol. The number of nitrogens with zero attached hydrogens (tertiary/aromatic N) is 3. The fourth-order valence-corrected chi connectivity index (χ4v) is 2.71. The van der Waals surface area contributed by atoms with Crippen LogP contribution < -0.4 is 5.32 Å². The summed E-state index contributed by atoms with van der Waals surface area (Å²) in [5.74, 6) is 0.944. The van der Waals surface area contributed by atoms with Gasteiger partial charge in [0.2, 0.25) is 5.91 Å². The number of piperidine rings is 1. The van der Waals surface area contributed by atoms with Crippen LogP contribution in [0.3, 0.4) is 0 Å². The Bertz CT molecular complexity index is 560. The zero-order chi connectivity index (χ0) is 17.7. The predicted octanol–water partition coefficient (Wildman–Crippen LogP) is 2.91. The molecule has 1 aliphatic heterocycles. The van der Waals surface area contributed by atoms with Gasteiger partial charge in [0, 0.05) is 31.1 Å². The number of nitrogens with one attached hydrogen (secondary N) is 1. The van der Waals surface area contributed by atoms with Crippen LogP contribution in [0.15, 0.2) is 12.3 Å². The van der Waals surface area contributed by atoms with E-state index in [-0.39, 0.29) is 24.0 Å². The Kier molecular flexibility index (Phi) is 6.23. The van der Waals surface area contributed by atoms with Gasteiger partial charge in [0.15, 0.2) is 0 Å². The molecule has 7 nitrogen and oxygen atoms in total. The van der Waals surface area contributed by atoms with E-state index in [0.29, 0.717) is 44.3 Å². The van der Waals surface area contributed by atoms with E-state index in [9.17, 15) is 9.59 Å². The van der Waals surface area contributed by atoms with Crippen LogP contribution in [-0.4, -0.2) is 46.4 Å². The number of carbonyl (C=O) groups excluding carboxylic acids is 2. The highest BCUT2D eigenvalue weighted by molar-refractivity contribution is 5.92. The van der Waals surface area contributed by atoms with Crippen molar-refractivity contribution in [1.82, 2.24) is 14.7 Å². The van der Waals surface area contributed by atoms with Crippen LogP contribution in [0.1, 0.15) is 46.6 Å². The number of carbonyl (C=O) groups is 2. The molecular weight excluding hydrogens is 308 g/mol. The summed E-state index contributed by atoms with van der Waals surface area (Å²) in [6, 6.07) is 1.99. The summed E-state index contributed by atoms with van der Waals surface area (Å²) in [5, 5.41) is 7.17. The summed E-state index contributed by atoms with van der Waals surface area (Å²) in [4.78, 5) is 26.1. The van der Waals surface area contributed by atoms with Crippen molar-refractivity contribution in [3.8, 4) is 0 Å². The Morgan fingerprint density at radius 3 is 2.54 bits per heavy atom. The number of rotatable bonds is 5. The monoisotopic (exact) mass is 336 g/mol. The van der Waals surface area contributed by atoms with E-state index in [2.05, 4.69) is 10.4 Å². The molecule has 1 aromatic heterocycles. The second-order valence-electron chi connectivity index (χ2n) is 6.98. The Labute approximate surface area is 143 Å². The molecule has 1 fully saturated rings. The molecule has 2 amide bonds. The van der Waals surface area contributed by atoms with Gasteiger partial charge < -0.3 is 15.0 Å². The Hall–Kier alpha value is -2.05. The SMILES string of the molecule is CC(C)COC(=O)N1CCC(C(=O)Nc2ccnn2C(C)C)CC1. The Morgan fingerprint density at radius 2 is 1.96 bits per heavy atom. The van der Waals surface area contributed by atoms with Crippen molar-refractivity contribution in [2.45, 2.75) is 46.6 Å². The normalized spacial score (nSPS) is 15.8. The summed E-state index contributed by atoms with van der Waals surface area (Å²) in [5.41, 5.74) is 0. The van der Waals surface area contributed by atoms with Crippen LogP contribution in [-0.2, 0) is 9.53 Å².